The van der Waals surface area contributed by atoms with Gasteiger partial charge >= 0.3 is 6.11 Å². The molecule has 1 unspecified atom stereocenters. The molecule has 1 N–H and O–H groups in total. The van der Waals surface area contributed by atoms with Gasteiger partial charge in [-0.15, -0.1) is 31.7 Å². The van der Waals surface area contributed by atoms with Crippen molar-refractivity contribution in [1.82, 2.24) is 25.4 Å². The predicted octanol–water partition coefficient (Wildman–Crippen LogP) is 4.24. The van der Waals surface area contributed by atoms with Gasteiger partial charge in [0.25, 0.3) is 0 Å². The average molecular weight is 580 g/mol. The fourth-order valence-corrected chi connectivity index (χ4v) is 5.46. The number of benzene rings is 1. The third-order valence-electron chi connectivity index (χ3n) is 6.27. The standard InChI is InChI=1S/C28H27F2N7O3S/c1-28(29,30)40-22-7-4-5-18(13-22)14-25(39)32-23-8-9-24(34-33-23)37-12-10-19(17-37)27-36-35-26(41-27)16-21(38)15-20-6-2-3-11-31-20/h2-9,11,13,19H,10,12,14-17H2,1H3,(H,32,33,39). The van der Waals surface area contributed by atoms with E-state index in [1.54, 1.807) is 30.5 Å². The molecule has 13 heteroatoms. The Labute approximate surface area is 238 Å². The van der Waals surface area contributed by atoms with Gasteiger partial charge in [-0.05, 0) is 48.4 Å². The zero-order valence-corrected chi connectivity index (χ0v) is 23.0. The van der Waals surface area contributed by atoms with Crippen LogP contribution in [0.5, 0.6) is 5.75 Å². The zero-order valence-electron chi connectivity index (χ0n) is 22.2. The Kier molecular flexibility index (Phi) is 8.53. The van der Waals surface area contributed by atoms with E-state index >= 15 is 0 Å². The molecule has 0 spiro atoms. The lowest BCUT2D eigenvalue weighted by Crippen LogP contribution is -2.21. The number of hydrogen-bond acceptors (Lipinski definition) is 10. The monoisotopic (exact) mass is 579 g/mol. The second kappa shape index (κ2) is 12.4. The second-order valence-corrected chi connectivity index (χ2v) is 10.8. The van der Waals surface area contributed by atoms with Crippen molar-refractivity contribution in [3.8, 4) is 5.75 Å². The van der Waals surface area contributed by atoms with Crippen LogP contribution in [0.3, 0.4) is 0 Å². The summed E-state index contributed by atoms with van der Waals surface area (Å²) in [6.45, 7) is 2.10. The maximum absolute atomic E-state index is 13.1. The van der Waals surface area contributed by atoms with E-state index in [-0.39, 0.29) is 48.4 Å². The number of nitrogens with one attached hydrogen (secondary N) is 1. The number of Topliss-reactive ketones (excluding diaryl/α,β-unsaturated/α-hetero) is 1. The second-order valence-electron chi connectivity index (χ2n) is 9.74. The van der Waals surface area contributed by atoms with Crippen LogP contribution in [0.25, 0.3) is 0 Å². The first-order chi connectivity index (χ1) is 19.7. The molecule has 4 aromatic rings. The molecule has 5 rings (SSSR count). The summed E-state index contributed by atoms with van der Waals surface area (Å²) < 4.78 is 30.8. The van der Waals surface area contributed by atoms with Crippen LogP contribution < -0.4 is 15.0 Å². The third kappa shape index (κ3) is 8.07. The summed E-state index contributed by atoms with van der Waals surface area (Å²) in [5.74, 6) is 0.789. The van der Waals surface area contributed by atoms with Gasteiger partial charge in [0.05, 0.1) is 12.8 Å². The lowest BCUT2D eigenvalue weighted by Gasteiger charge is -2.16. The van der Waals surface area contributed by atoms with Crippen molar-refractivity contribution in [1.29, 1.82) is 0 Å². The van der Waals surface area contributed by atoms with Crippen LogP contribution >= 0.6 is 11.3 Å². The Morgan fingerprint density at radius 2 is 1.93 bits per heavy atom. The highest BCUT2D eigenvalue weighted by Crippen LogP contribution is 2.32. The maximum Gasteiger partial charge on any atom is 0.394 e. The van der Waals surface area contributed by atoms with Gasteiger partial charge in [0, 0.05) is 44.2 Å². The number of alkyl halides is 2. The van der Waals surface area contributed by atoms with E-state index in [4.69, 9.17) is 0 Å². The summed E-state index contributed by atoms with van der Waals surface area (Å²) in [5.41, 5.74) is 1.26. The molecular weight excluding hydrogens is 552 g/mol. The predicted molar refractivity (Wildman–Crippen MR) is 148 cm³/mol. The molecule has 1 aliphatic rings. The smallest absolute Gasteiger partial charge is 0.394 e. The molecule has 1 amide bonds. The van der Waals surface area contributed by atoms with Crippen LogP contribution in [0.4, 0.5) is 20.4 Å². The summed E-state index contributed by atoms with van der Waals surface area (Å²) in [4.78, 5) is 31.2. The van der Waals surface area contributed by atoms with Crippen LogP contribution in [0.15, 0.2) is 60.8 Å². The molecule has 41 heavy (non-hydrogen) atoms. The number of ketones is 1. The Bertz CT molecular complexity index is 1500. The van der Waals surface area contributed by atoms with Gasteiger partial charge in [0.1, 0.15) is 21.5 Å². The van der Waals surface area contributed by atoms with Crippen LogP contribution in [0, 0.1) is 0 Å². The fraction of sp³-hybridized carbons (Fsp3) is 0.321. The molecule has 10 nitrogen and oxygen atoms in total. The van der Waals surface area contributed by atoms with Crippen molar-refractivity contribution in [2.24, 2.45) is 0 Å². The Morgan fingerprint density at radius 3 is 2.68 bits per heavy atom. The number of pyridine rings is 1. The summed E-state index contributed by atoms with van der Waals surface area (Å²) in [6.07, 6.45) is -0.312. The third-order valence-corrected chi connectivity index (χ3v) is 7.36. The number of aromatic nitrogens is 5. The Hall–Kier alpha value is -4.39. The highest BCUT2D eigenvalue weighted by Gasteiger charge is 2.28. The minimum Gasteiger partial charge on any atom is -0.433 e. The quantitative estimate of drug-likeness (QED) is 0.278. The molecule has 0 saturated carbocycles. The molecule has 1 aliphatic heterocycles. The highest BCUT2D eigenvalue weighted by molar-refractivity contribution is 7.11. The summed E-state index contributed by atoms with van der Waals surface area (Å²) in [6, 6.07) is 15.0. The normalized spacial score (nSPS) is 15.1. The van der Waals surface area contributed by atoms with Gasteiger partial charge in [-0.25, -0.2) is 0 Å². The highest BCUT2D eigenvalue weighted by atomic mass is 32.1. The van der Waals surface area contributed by atoms with Crippen molar-refractivity contribution >= 4 is 34.7 Å². The molecule has 3 aromatic heterocycles. The zero-order chi connectivity index (χ0) is 28.8. The number of ether oxygens (including phenoxy) is 1. The number of amides is 1. The molecule has 0 aliphatic carbocycles. The lowest BCUT2D eigenvalue weighted by atomic mass is 10.1. The molecule has 0 bridgehead atoms. The first-order valence-electron chi connectivity index (χ1n) is 13.0. The largest absolute Gasteiger partial charge is 0.433 e. The first-order valence-corrected chi connectivity index (χ1v) is 13.8. The number of nitrogens with zero attached hydrogens (tertiary/aromatic N) is 6. The van der Waals surface area contributed by atoms with E-state index in [0.29, 0.717) is 29.9 Å². The molecule has 1 saturated heterocycles. The van der Waals surface area contributed by atoms with Gasteiger partial charge in [0.15, 0.2) is 11.6 Å². The van der Waals surface area contributed by atoms with E-state index in [1.807, 2.05) is 18.2 Å². The summed E-state index contributed by atoms with van der Waals surface area (Å²) in [7, 11) is 0. The molecule has 1 atom stereocenters. The minimum atomic E-state index is -3.31. The van der Waals surface area contributed by atoms with E-state index in [1.165, 1.54) is 23.5 Å². The van der Waals surface area contributed by atoms with E-state index in [0.717, 1.165) is 23.7 Å². The Morgan fingerprint density at radius 1 is 1.05 bits per heavy atom. The lowest BCUT2D eigenvalue weighted by molar-refractivity contribution is -0.159. The van der Waals surface area contributed by atoms with Crippen LogP contribution in [-0.4, -0.2) is 56.3 Å². The minimum absolute atomic E-state index is 0.0188. The van der Waals surface area contributed by atoms with Gasteiger partial charge in [-0.3, -0.25) is 14.6 Å². The van der Waals surface area contributed by atoms with Crippen molar-refractivity contribution in [3.63, 3.8) is 0 Å². The van der Waals surface area contributed by atoms with Gasteiger partial charge in [0.2, 0.25) is 5.91 Å². The van der Waals surface area contributed by atoms with Crippen molar-refractivity contribution in [2.45, 2.75) is 44.6 Å². The topological polar surface area (TPSA) is 123 Å². The summed E-state index contributed by atoms with van der Waals surface area (Å²) in [5, 5.41) is 21.2. The summed E-state index contributed by atoms with van der Waals surface area (Å²) >= 11 is 1.46. The molecule has 212 valence electrons. The van der Waals surface area contributed by atoms with Gasteiger partial charge in [-0.2, -0.15) is 8.78 Å². The SMILES string of the molecule is CC(F)(F)Oc1cccc(CC(=O)Nc2ccc(N3CCC(c4nnc(CC(=O)Cc5ccccn5)s4)C3)nn2)c1. The number of halogens is 2. The van der Waals surface area contributed by atoms with Gasteiger partial charge < -0.3 is 15.0 Å². The molecule has 0 radical (unpaired) electrons. The van der Waals surface area contributed by atoms with Crippen LogP contribution in [0.2, 0.25) is 0 Å². The molecule has 1 fully saturated rings. The van der Waals surface area contributed by atoms with Crippen LogP contribution in [0.1, 0.15) is 40.5 Å². The number of hydrogen-bond donors (Lipinski definition) is 1. The van der Waals surface area contributed by atoms with Gasteiger partial charge in [-0.1, -0.05) is 18.2 Å². The maximum atomic E-state index is 13.1. The number of carbonyl (C=O) groups is 2. The number of anilines is 2. The Balaban J connectivity index is 1.11. The average Bonchev–Trinajstić information content (AvgIpc) is 3.59. The number of rotatable bonds is 11. The molecular formula is C28H27F2N7O3S. The molecule has 4 heterocycles. The van der Waals surface area contributed by atoms with E-state index in [9.17, 15) is 18.4 Å². The van der Waals surface area contributed by atoms with E-state index < -0.39 is 6.11 Å². The van der Waals surface area contributed by atoms with Crippen molar-refractivity contribution in [3.05, 3.63) is 82.1 Å². The molecule has 1 aromatic carbocycles. The van der Waals surface area contributed by atoms with E-state index in [2.05, 4.69) is 40.3 Å². The van der Waals surface area contributed by atoms with Crippen LogP contribution in [-0.2, 0) is 28.9 Å². The first kappa shape index (κ1) is 28.1. The fourth-order valence-electron chi connectivity index (χ4n) is 4.47. The number of carbonyl (C=O) groups excluding carboxylic acids is 2. The van der Waals surface area contributed by atoms with Crippen molar-refractivity contribution in [2.75, 3.05) is 23.3 Å². The van der Waals surface area contributed by atoms with Crippen molar-refractivity contribution < 1.29 is 23.1 Å².